The number of furan rings is 3. The molecule has 0 aliphatic heterocycles. The van der Waals surface area contributed by atoms with E-state index in [-0.39, 0.29) is 0 Å². The first-order valence-electron chi connectivity index (χ1n) is 32.5. The largest absolute Gasteiger partial charge is 0.456 e. The Bertz CT molecular complexity index is 5550. The molecule has 0 radical (unpaired) electrons. The molecular formula is C90H59N3O3. The summed E-state index contributed by atoms with van der Waals surface area (Å²) >= 11 is 0. The van der Waals surface area contributed by atoms with E-state index in [1.165, 1.54) is 0 Å². The Morgan fingerprint density at radius 2 is 0.344 bits per heavy atom. The summed E-state index contributed by atoms with van der Waals surface area (Å²) in [7, 11) is 0. The van der Waals surface area contributed by atoms with Crippen LogP contribution in [0.1, 0.15) is 0 Å². The summed E-state index contributed by atoms with van der Waals surface area (Å²) in [6.45, 7) is 0. The lowest BCUT2D eigenvalue weighted by molar-refractivity contribution is 0.668. The highest BCUT2D eigenvalue weighted by atomic mass is 16.3. The molecule has 0 amide bonds. The summed E-state index contributed by atoms with van der Waals surface area (Å²) in [4.78, 5) is 6.97. The zero-order valence-corrected chi connectivity index (χ0v) is 52.1. The fraction of sp³-hybridized carbons (Fsp3) is 0. The molecule has 0 bridgehead atoms. The van der Waals surface area contributed by atoms with Crippen molar-refractivity contribution < 1.29 is 13.3 Å². The molecular weight excluding hydrogens is 1170 g/mol. The lowest BCUT2D eigenvalue weighted by Gasteiger charge is -2.27. The molecule has 0 aliphatic rings. The van der Waals surface area contributed by atoms with Gasteiger partial charge in [-0.2, -0.15) is 0 Å². The molecule has 3 aromatic heterocycles. The van der Waals surface area contributed by atoms with Crippen LogP contribution in [0.4, 0.5) is 51.2 Å². The lowest BCUT2D eigenvalue weighted by Crippen LogP contribution is -2.10. The van der Waals surface area contributed by atoms with Crippen molar-refractivity contribution in [3.8, 4) is 55.6 Å². The van der Waals surface area contributed by atoms with Gasteiger partial charge in [-0.3, -0.25) is 0 Å². The minimum atomic E-state index is 0.881. The molecule has 0 atom stereocenters. The monoisotopic (exact) mass is 1230 g/mol. The number of rotatable bonds is 14. The van der Waals surface area contributed by atoms with Crippen LogP contribution < -0.4 is 14.7 Å². The molecule has 3 heterocycles. The van der Waals surface area contributed by atoms with E-state index in [2.05, 4.69) is 336 Å². The Hall–Kier alpha value is -12.9. The summed E-state index contributed by atoms with van der Waals surface area (Å²) in [6.07, 6.45) is 0. The number of anilines is 9. The van der Waals surface area contributed by atoms with Crippen LogP contribution in [0.5, 0.6) is 0 Å². The van der Waals surface area contributed by atoms with E-state index in [9.17, 15) is 0 Å². The maximum Gasteiger partial charge on any atom is 0.136 e. The number of hydrogen-bond donors (Lipinski definition) is 0. The maximum absolute atomic E-state index is 6.33. The SMILES string of the molecule is c1ccc(N(c2ccc(-c3ccc(N(c4ccc(-c5ccc(N(c6ccccc6)c6ccc(-c7ccc8oc9ccccc9c8c7)cc6)cc5)cc4)c4ccc(-c5ccc6c(c5)oc5ccccc56)cc4)cc3)cc2)c2ccc(-c3ccc4oc5ccccc5c4c3)cc2)cc1. The highest BCUT2D eigenvalue weighted by Crippen LogP contribution is 2.44. The van der Waals surface area contributed by atoms with Crippen molar-refractivity contribution in [1.82, 2.24) is 0 Å². The first-order chi connectivity index (χ1) is 47.5. The summed E-state index contributed by atoms with van der Waals surface area (Å²) in [5.74, 6) is 0. The van der Waals surface area contributed by atoms with E-state index in [0.717, 1.165) is 173 Å². The van der Waals surface area contributed by atoms with Gasteiger partial charge in [-0.15, -0.1) is 0 Å². The van der Waals surface area contributed by atoms with Crippen molar-refractivity contribution in [2.45, 2.75) is 0 Å². The fourth-order valence-electron chi connectivity index (χ4n) is 13.8. The molecule has 96 heavy (non-hydrogen) atoms. The summed E-state index contributed by atoms with van der Waals surface area (Å²) in [6, 6.07) is 128. The minimum Gasteiger partial charge on any atom is -0.456 e. The van der Waals surface area contributed by atoms with Crippen LogP contribution in [0.15, 0.2) is 371 Å². The topological polar surface area (TPSA) is 49.1 Å². The molecule has 0 fully saturated rings. The van der Waals surface area contributed by atoms with Crippen LogP contribution in [0.3, 0.4) is 0 Å². The Morgan fingerprint density at radius 1 is 0.135 bits per heavy atom. The normalized spacial score (nSPS) is 11.5. The van der Waals surface area contributed by atoms with Gasteiger partial charge in [-0.05, 0) is 219 Å². The highest BCUT2D eigenvalue weighted by Gasteiger charge is 2.20. The van der Waals surface area contributed by atoms with Crippen molar-refractivity contribution in [3.63, 3.8) is 0 Å². The smallest absolute Gasteiger partial charge is 0.136 e. The van der Waals surface area contributed by atoms with Gasteiger partial charge in [0.05, 0.1) is 0 Å². The molecule has 0 saturated carbocycles. The zero-order valence-electron chi connectivity index (χ0n) is 52.1. The highest BCUT2D eigenvalue weighted by molar-refractivity contribution is 6.08. The summed E-state index contributed by atoms with van der Waals surface area (Å²) < 4.78 is 18.6. The molecule has 15 aromatic carbocycles. The predicted molar refractivity (Wildman–Crippen MR) is 400 cm³/mol. The van der Waals surface area contributed by atoms with Crippen LogP contribution in [0.25, 0.3) is 121 Å². The lowest BCUT2D eigenvalue weighted by atomic mass is 10.0. The van der Waals surface area contributed by atoms with E-state index in [1.807, 2.05) is 36.4 Å². The number of benzene rings is 15. The molecule has 6 nitrogen and oxygen atoms in total. The molecule has 0 N–H and O–H groups in total. The van der Waals surface area contributed by atoms with Gasteiger partial charge in [0.1, 0.15) is 33.5 Å². The number of fused-ring (bicyclic) bond motifs is 9. The molecule has 18 rings (SSSR count). The molecule has 0 aliphatic carbocycles. The van der Waals surface area contributed by atoms with E-state index in [0.29, 0.717) is 0 Å². The van der Waals surface area contributed by atoms with Crippen molar-refractivity contribution in [1.29, 1.82) is 0 Å². The second-order valence-corrected chi connectivity index (χ2v) is 24.4. The Morgan fingerprint density at radius 3 is 0.667 bits per heavy atom. The molecule has 6 heteroatoms. The molecule has 0 spiro atoms. The standard InChI is InChI=1S/C90H59N3O3/c1-3-13-70(14-4-1)91(74-48-31-64(32-49-74)67-38-55-88-83(57-67)80-18-8-11-21-86(80)94-88)72-40-23-60(24-41-72)62-27-44-76(45-28-62)93(78-52-35-66(36-53-78)69-37-54-82-79-17-7-10-20-85(79)96-90(82)59-69)77-46-29-63(30-47-77)61-25-42-73(43-26-61)92(71-15-5-2-6-16-71)75-50-33-65(34-51-75)68-39-56-89-84(58-68)81-19-9-12-22-87(81)95-89/h1-59H. The fourth-order valence-corrected chi connectivity index (χ4v) is 13.8. The van der Waals surface area contributed by atoms with E-state index in [1.54, 1.807) is 0 Å². The van der Waals surface area contributed by atoms with Crippen LogP contribution >= 0.6 is 0 Å². The van der Waals surface area contributed by atoms with Gasteiger partial charge in [0.25, 0.3) is 0 Å². The van der Waals surface area contributed by atoms with Crippen molar-refractivity contribution in [3.05, 3.63) is 358 Å². The first-order valence-corrected chi connectivity index (χ1v) is 32.5. The van der Waals surface area contributed by atoms with Crippen LogP contribution in [0.2, 0.25) is 0 Å². The molecule has 452 valence electrons. The van der Waals surface area contributed by atoms with Crippen molar-refractivity contribution >= 4 is 117 Å². The second kappa shape index (κ2) is 23.7. The van der Waals surface area contributed by atoms with E-state index in [4.69, 9.17) is 13.3 Å². The molecule has 0 saturated heterocycles. The summed E-state index contributed by atoms with van der Waals surface area (Å²) in [5.41, 5.74) is 26.2. The molecule has 0 unspecified atom stereocenters. The average molecular weight is 1230 g/mol. The Balaban J connectivity index is 0.635. The number of nitrogens with zero attached hydrogens (tertiary/aromatic N) is 3. The van der Waals surface area contributed by atoms with Crippen molar-refractivity contribution in [2.24, 2.45) is 0 Å². The zero-order chi connectivity index (χ0) is 63.5. The van der Waals surface area contributed by atoms with Gasteiger partial charge in [0, 0.05) is 83.5 Å². The van der Waals surface area contributed by atoms with Crippen LogP contribution in [-0.2, 0) is 0 Å². The molecule has 18 aromatic rings. The third-order valence-electron chi connectivity index (χ3n) is 18.7. The van der Waals surface area contributed by atoms with Crippen LogP contribution in [-0.4, -0.2) is 0 Å². The van der Waals surface area contributed by atoms with Gasteiger partial charge >= 0.3 is 0 Å². The van der Waals surface area contributed by atoms with Gasteiger partial charge < -0.3 is 28.0 Å². The van der Waals surface area contributed by atoms with Gasteiger partial charge in [-0.1, -0.05) is 194 Å². The average Bonchev–Trinajstić information content (AvgIpc) is 1.67. The maximum atomic E-state index is 6.33. The first kappa shape index (κ1) is 55.9. The minimum absolute atomic E-state index is 0.881. The van der Waals surface area contributed by atoms with Crippen molar-refractivity contribution in [2.75, 3.05) is 14.7 Å². The van der Waals surface area contributed by atoms with Gasteiger partial charge in [0.2, 0.25) is 0 Å². The third-order valence-corrected chi connectivity index (χ3v) is 18.7. The van der Waals surface area contributed by atoms with Gasteiger partial charge in [-0.25, -0.2) is 0 Å². The quantitative estimate of drug-likeness (QED) is 0.108. The third kappa shape index (κ3) is 10.3. The van der Waals surface area contributed by atoms with Gasteiger partial charge in [0.15, 0.2) is 0 Å². The van der Waals surface area contributed by atoms with Crippen LogP contribution in [0, 0.1) is 0 Å². The second-order valence-electron chi connectivity index (χ2n) is 24.4. The summed E-state index contributed by atoms with van der Waals surface area (Å²) in [5, 5.41) is 6.74. The number of para-hydroxylation sites is 5. The predicted octanol–water partition coefficient (Wildman–Crippen LogP) is 26.1. The Kier molecular flexibility index (Phi) is 13.8. The number of hydrogen-bond acceptors (Lipinski definition) is 6. The van der Waals surface area contributed by atoms with E-state index < -0.39 is 0 Å². The van der Waals surface area contributed by atoms with E-state index >= 15 is 0 Å². The Labute approximate surface area is 555 Å².